The molecule has 4 aromatic rings. The predicted octanol–water partition coefficient (Wildman–Crippen LogP) is 3.78. The largest absolute Gasteiger partial charge is 0.301 e. The lowest BCUT2D eigenvalue weighted by Gasteiger charge is -2.03. The Morgan fingerprint density at radius 3 is 2.70 bits per heavy atom. The van der Waals surface area contributed by atoms with E-state index in [1.807, 2.05) is 41.8 Å². The maximum absolute atomic E-state index is 12.2. The summed E-state index contributed by atoms with van der Waals surface area (Å²) in [6.07, 6.45) is 0. The van der Waals surface area contributed by atoms with Gasteiger partial charge in [-0.1, -0.05) is 54.2 Å². The van der Waals surface area contributed by atoms with Gasteiger partial charge in [-0.05, 0) is 12.1 Å². The number of aromatic nitrogens is 3. The molecule has 4 rings (SSSR count). The molecule has 1 amide bonds. The molecule has 27 heavy (non-hydrogen) atoms. The minimum atomic E-state index is -0.212. The fraction of sp³-hybridized carbons (Fsp3) is 0.0526. The summed E-state index contributed by atoms with van der Waals surface area (Å²) in [5, 5.41) is 6.17. The highest BCUT2D eigenvalue weighted by molar-refractivity contribution is 7.99. The lowest BCUT2D eigenvalue weighted by molar-refractivity contribution is -0.113. The first-order valence-corrected chi connectivity index (χ1v) is 9.98. The van der Waals surface area contributed by atoms with Crippen LogP contribution in [0.2, 0.25) is 0 Å². The smallest absolute Gasteiger partial charge is 0.259 e. The molecule has 134 valence electrons. The van der Waals surface area contributed by atoms with Crippen LogP contribution in [0.1, 0.15) is 0 Å². The van der Waals surface area contributed by atoms with Gasteiger partial charge >= 0.3 is 0 Å². The average Bonchev–Trinajstić information content (AvgIpc) is 3.16. The van der Waals surface area contributed by atoms with E-state index in [1.54, 1.807) is 18.2 Å². The molecule has 0 unspecified atom stereocenters. The number of thioether (sulfide) groups is 1. The van der Waals surface area contributed by atoms with Crippen LogP contribution in [0, 0.1) is 0 Å². The van der Waals surface area contributed by atoms with Crippen LogP contribution in [0.4, 0.5) is 5.13 Å². The fourth-order valence-corrected chi connectivity index (χ4v) is 3.90. The van der Waals surface area contributed by atoms with Crippen molar-refractivity contribution in [2.75, 3.05) is 11.1 Å². The van der Waals surface area contributed by atoms with E-state index in [0.717, 1.165) is 11.3 Å². The van der Waals surface area contributed by atoms with Crippen LogP contribution in [-0.4, -0.2) is 26.6 Å². The Labute approximate surface area is 162 Å². The molecule has 0 bridgehead atoms. The van der Waals surface area contributed by atoms with Gasteiger partial charge in [-0.3, -0.25) is 9.59 Å². The van der Waals surface area contributed by atoms with Crippen LogP contribution < -0.4 is 10.9 Å². The van der Waals surface area contributed by atoms with Gasteiger partial charge in [-0.2, -0.15) is 0 Å². The third-order valence-corrected chi connectivity index (χ3v) is 5.38. The number of hydrogen-bond donors (Lipinski definition) is 2. The van der Waals surface area contributed by atoms with Gasteiger partial charge in [-0.15, -0.1) is 11.3 Å². The number of amides is 1. The molecule has 2 heterocycles. The van der Waals surface area contributed by atoms with E-state index in [9.17, 15) is 9.59 Å². The molecule has 0 atom stereocenters. The van der Waals surface area contributed by atoms with Crippen molar-refractivity contribution in [3.05, 3.63) is 70.3 Å². The quantitative estimate of drug-likeness (QED) is 0.397. The summed E-state index contributed by atoms with van der Waals surface area (Å²) in [5.41, 5.74) is 2.22. The van der Waals surface area contributed by atoms with Gasteiger partial charge in [0.1, 0.15) is 0 Å². The summed E-state index contributed by atoms with van der Waals surface area (Å²) in [7, 11) is 0. The van der Waals surface area contributed by atoms with Gasteiger partial charge in [0.2, 0.25) is 5.91 Å². The van der Waals surface area contributed by atoms with E-state index in [1.165, 1.54) is 23.1 Å². The van der Waals surface area contributed by atoms with Crippen molar-refractivity contribution in [2.24, 2.45) is 0 Å². The third kappa shape index (κ3) is 4.07. The van der Waals surface area contributed by atoms with Crippen molar-refractivity contribution in [2.45, 2.75) is 5.16 Å². The topological polar surface area (TPSA) is 87.7 Å². The van der Waals surface area contributed by atoms with Crippen LogP contribution >= 0.6 is 23.1 Å². The Balaban J connectivity index is 1.40. The van der Waals surface area contributed by atoms with Crippen molar-refractivity contribution in [3.63, 3.8) is 0 Å². The van der Waals surface area contributed by atoms with Crippen LogP contribution in [-0.2, 0) is 4.79 Å². The van der Waals surface area contributed by atoms with E-state index in [-0.39, 0.29) is 17.2 Å². The number of rotatable bonds is 5. The molecule has 6 nitrogen and oxygen atoms in total. The van der Waals surface area contributed by atoms with Crippen LogP contribution in [0.25, 0.3) is 22.2 Å². The molecule has 0 radical (unpaired) electrons. The Morgan fingerprint density at radius 2 is 1.85 bits per heavy atom. The van der Waals surface area contributed by atoms with Crippen molar-refractivity contribution in [3.8, 4) is 11.3 Å². The Morgan fingerprint density at radius 1 is 1.07 bits per heavy atom. The van der Waals surface area contributed by atoms with Gasteiger partial charge in [0.05, 0.1) is 22.3 Å². The summed E-state index contributed by atoms with van der Waals surface area (Å²) >= 11 is 2.55. The maximum Gasteiger partial charge on any atom is 0.259 e. The van der Waals surface area contributed by atoms with E-state index in [2.05, 4.69) is 20.3 Å². The Hall–Kier alpha value is -2.97. The SMILES string of the molecule is O=C(CSc1nc2ccccc2c(=O)[nH]1)Nc1nc(-c2ccccc2)cs1. The van der Waals surface area contributed by atoms with Gasteiger partial charge in [0, 0.05) is 10.9 Å². The molecule has 0 spiro atoms. The minimum Gasteiger partial charge on any atom is -0.301 e. The fourth-order valence-electron chi connectivity index (χ4n) is 2.50. The molecule has 0 fully saturated rings. The number of anilines is 1. The minimum absolute atomic E-state index is 0.127. The number of nitrogens with one attached hydrogen (secondary N) is 2. The third-order valence-electron chi connectivity index (χ3n) is 3.75. The number of carbonyl (C=O) groups is 1. The maximum atomic E-state index is 12.2. The van der Waals surface area contributed by atoms with Crippen molar-refractivity contribution >= 4 is 45.0 Å². The summed E-state index contributed by atoms with van der Waals surface area (Å²) < 4.78 is 0. The molecule has 0 saturated heterocycles. The molecule has 0 aliphatic carbocycles. The first kappa shape index (κ1) is 17.4. The molecule has 2 N–H and O–H groups in total. The number of carbonyl (C=O) groups excluding carboxylic acids is 1. The number of fused-ring (bicyclic) bond motifs is 1. The Kier molecular flexibility index (Phi) is 4.99. The van der Waals surface area contributed by atoms with Crippen LogP contribution in [0.15, 0.2) is 69.9 Å². The van der Waals surface area contributed by atoms with Crippen molar-refractivity contribution < 1.29 is 4.79 Å². The standard InChI is InChI=1S/C19H14N4O2S2/c24-16(22-18-21-15(10-26-18)12-6-2-1-3-7-12)11-27-19-20-14-9-5-4-8-13(14)17(25)23-19/h1-10H,11H2,(H,20,23,25)(H,21,22,24). The normalized spacial score (nSPS) is 10.8. The number of thiazole rings is 1. The first-order valence-electron chi connectivity index (χ1n) is 8.12. The van der Waals surface area contributed by atoms with Crippen LogP contribution in [0.5, 0.6) is 0 Å². The zero-order valence-electron chi connectivity index (χ0n) is 14.0. The van der Waals surface area contributed by atoms with E-state index in [0.29, 0.717) is 21.2 Å². The number of benzene rings is 2. The van der Waals surface area contributed by atoms with Crippen molar-refractivity contribution in [1.29, 1.82) is 0 Å². The summed E-state index contributed by atoms with van der Waals surface area (Å²) in [6, 6.07) is 16.9. The molecule has 2 aromatic carbocycles. The van der Waals surface area contributed by atoms with Gasteiger partial charge in [-0.25, -0.2) is 9.97 Å². The molecule has 2 aromatic heterocycles. The van der Waals surface area contributed by atoms with E-state index >= 15 is 0 Å². The lowest BCUT2D eigenvalue weighted by atomic mass is 10.2. The summed E-state index contributed by atoms with van der Waals surface area (Å²) in [5.74, 6) is -0.0774. The summed E-state index contributed by atoms with van der Waals surface area (Å²) in [6.45, 7) is 0. The Bertz CT molecular complexity index is 1160. The second kappa shape index (κ2) is 7.73. The van der Waals surface area contributed by atoms with Crippen LogP contribution in [0.3, 0.4) is 0 Å². The second-order valence-corrected chi connectivity index (χ2v) is 7.45. The molecule has 8 heteroatoms. The second-order valence-electron chi connectivity index (χ2n) is 5.63. The molecule has 0 saturated carbocycles. The highest BCUT2D eigenvalue weighted by Crippen LogP contribution is 2.25. The number of hydrogen-bond acceptors (Lipinski definition) is 6. The zero-order valence-corrected chi connectivity index (χ0v) is 15.6. The monoisotopic (exact) mass is 394 g/mol. The average molecular weight is 394 g/mol. The number of H-pyrrole nitrogens is 1. The molecular weight excluding hydrogens is 380 g/mol. The van der Waals surface area contributed by atoms with Crippen molar-refractivity contribution in [1.82, 2.24) is 15.0 Å². The highest BCUT2D eigenvalue weighted by atomic mass is 32.2. The van der Waals surface area contributed by atoms with Gasteiger partial charge < -0.3 is 10.3 Å². The highest BCUT2D eigenvalue weighted by Gasteiger charge is 2.10. The number of para-hydroxylation sites is 1. The van der Waals surface area contributed by atoms with Gasteiger partial charge in [0.25, 0.3) is 5.56 Å². The molecular formula is C19H14N4O2S2. The van der Waals surface area contributed by atoms with E-state index < -0.39 is 0 Å². The summed E-state index contributed by atoms with van der Waals surface area (Å²) in [4.78, 5) is 35.8. The van der Waals surface area contributed by atoms with Gasteiger partial charge in [0.15, 0.2) is 10.3 Å². The predicted molar refractivity (Wildman–Crippen MR) is 109 cm³/mol. The zero-order chi connectivity index (χ0) is 18.6. The van der Waals surface area contributed by atoms with E-state index in [4.69, 9.17) is 0 Å². The number of aromatic amines is 1. The lowest BCUT2D eigenvalue weighted by Crippen LogP contribution is -2.15. The first-order chi connectivity index (χ1) is 13.2. The number of nitrogens with zero attached hydrogens (tertiary/aromatic N) is 2. The molecule has 0 aliphatic rings. The molecule has 0 aliphatic heterocycles.